The molecule has 4 nitrogen and oxygen atoms in total. The summed E-state index contributed by atoms with van der Waals surface area (Å²) < 4.78 is 48.3. The molecule has 0 aliphatic heterocycles. The first-order valence-electron chi connectivity index (χ1n) is 6.12. The molecule has 1 unspecified atom stereocenters. The number of nitrogens with two attached hydrogens (primary N) is 1. The standard InChI is InChI=1S/C14H14F2N2O2S/c1-9(10-2-7-13(15)14(16)8-10)18-11-3-5-12(6-4-11)21(17,19)20/h2-9,18H,1H3,(H2,17,19,20). The highest BCUT2D eigenvalue weighted by molar-refractivity contribution is 7.89. The minimum absolute atomic E-state index is 0.00790. The third kappa shape index (κ3) is 3.77. The smallest absolute Gasteiger partial charge is 0.238 e. The number of hydrogen-bond acceptors (Lipinski definition) is 3. The number of nitrogens with one attached hydrogen (secondary N) is 1. The zero-order chi connectivity index (χ0) is 15.6. The average molecular weight is 312 g/mol. The molecule has 0 fully saturated rings. The monoisotopic (exact) mass is 312 g/mol. The van der Waals surface area contributed by atoms with Crippen LogP contribution in [-0.2, 0) is 10.0 Å². The molecular formula is C14H14F2N2O2S. The minimum Gasteiger partial charge on any atom is -0.379 e. The van der Waals surface area contributed by atoms with E-state index >= 15 is 0 Å². The van der Waals surface area contributed by atoms with Crippen LogP contribution in [-0.4, -0.2) is 8.42 Å². The van der Waals surface area contributed by atoms with E-state index in [1.165, 1.54) is 18.2 Å². The van der Waals surface area contributed by atoms with Gasteiger partial charge in [0, 0.05) is 11.7 Å². The maximum atomic E-state index is 13.2. The van der Waals surface area contributed by atoms with Crippen LogP contribution in [0.15, 0.2) is 47.4 Å². The van der Waals surface area contributed by atoms with E-state index in [4.69, 9.17) is 5.14 Å². The molecule has 0 aromatic heterocycles. The van der Waals surface area contributed by atoms with Gasteiger partial charge in [-0.3, -0.25) is 0 Å². The van der Waals surface area contributed by atoms with E-state index < -0.39 is 21.7 Å². The Morgan fingerprint density at radius 2 is 1.67 bits per heavy atom. The lowest BCUT2D eigenvalue weighted by Crippen LogP contribution is -2.12. The van der Waals surface area contributed by atoms with Gasteiger partial charge < -0.3 is 5.32 Å². The summed E-state index contributed by atoms with van der Waals surface area (Å²) in [5.74, 6) is -1.81. The van der Waals surface area contributed by atoms with Crippen LogP contribution in [0.1, 0.15) is 18.5 Å². The Hall–Kier alpha value is -1.99. The van der Waals surface area contributed by atoms with Crippen LogP contribution in [0.25, 0.3) is 0 Å². The van der Waals surface area contributed by atoms with Gasteiger partial charge in [-0.1, -0.05) is 6.07 Å². The molecule has 7 heteroatoms. The van der Waals surface area contributed by atoms with E-state index in [0.29, 0.717) is 11.3 Å². The highest BCUT2D eigenvalue weighted by Crippen LogP contribution is 2.21. The summed E-state index contributed by atoms with van der Waals surface area (Å²) >= 11 is 0. The predicted molar refractivity (Wildman–Crippen MR) is 76.2 cm³/mol. The highest BCUT2D eigenvalue weighted by atomic mass is 32.2. The zero-order valence-electron chi connectivity index (χ0n) is 11.2. The second-order valence-electron chi connectivity index (χ2n) is 4.61. The van der Waals surface area contributed by atoms with Gasteiger partial charge in [0.05, 0.1) is 4.90 Å². The van der Waals surface area contributed by atoms with Gasteiger partial charge in [-0.25, -0.2) is 22.3 Å². The zero-order valence-corrected chi connectivity index (χ0v) is 12.0. The van der Waals surface area contributed by atoms with Gasteiger partial charge in [-0.05, 0) is 48.9 Å². The van der Waals surface area contributed by atoms with E-state index in [0.717, 1.165) is 12.1 Å². The lowest BCUT2D eigenvalue weighted by Gasteiger charge is -2.16. The third-order valence-corrected chi connectivity index (χ3v) is 3.94. The fraction of sp³-hybridized carbons (Fsp3) is 0.143. The van der Waals surface area contributed by atoms with E-state index in [1.807, 2.05) is 0 Å². The van der Waals surface area contributed by atoms with Crippen LogP contribution in [0, 0.1) is 11.6 Å². The number of benzene rings is 2. The number of halogens is 2. The first-order chi connectivity index (χ1) is 9.77. The molecule has 0 spiro atoms. The molecule has 0 radical (unpaired) electrons. The van der Waals surface area contributed by atoms with Gasteiger partial charge in [0.15, 0.2) is 11.6 Å². The van der Waals surface area contributed by atoms with Crippen molar-refractivity contribution in [2.24, 2.45) is 5.14 Å². The molecule has 0 saturated carbocycles. The molecule has 112 valence electrons. The Morgan fingerprint density at radius 3 is 2.19 bits per heavy atom. The number of anilines is 1. The number of rotatable bonds is 4. The summed E-state index contributed by atoms with van der Waals surface area (Å²) in [6.07, 6.45) is 0. The number of hydrogen-bond donors (Lipinski definition) is 2. The normalized spacial score (nSPS) is 13.0. The van der Waals surface area contributed by atoms with Gasteiger partial charge in [0.2, 0.25) is 10.0 Å². The third-order valence-electron chi connectivity index (χ3n) is 3.01. The van der Waals surface area contributed by atoms with Crippen molar-refractivity contribution in [3.63, 3.8) is 0 Å². The average Bonchev–Trinajstić information content (AvgIpc) is 2.41. The van der Waals surface area contributed by atoms with Crippen molar-refractivity contribution in [3.8, 4) is 0 Å². The summed E-state index contributed by atoms with van der Waals surface area (Å²) in [4.78, 5) is 0.00790. The first kappa shape index (κ1) is 15.4. The largest absolute Gasteiger partial charge is 0.379 e. The number of sulfonamides is 1. The van der Waals surface area contributed by atoms with Crippen molar-refractivity contribution in [3.05, 3.63) is 59.7 Å². The van der Waals surface area contributed by atoms with Crippen molar-refractivity contribution in [1.82, 2.24) is 0 Å². The fourth-order valence-corrected chi connectivity index (χ4v) is 2.37. The summed E-state index contributed by atoms with van der Waals surface area (Å²) in [6, 6.07) is 9.23. The fourth-order valence-electron chi connectivity index (χ4n) is 1.86. The first-order valence-corrected chi connectivity index (χ1v) is 7.66. The summed E-state index contributed by atoms with van der Waals surface area (Å²) in [6.45, 7) is 1.78. The topological polar surface area (TPSA) is 72.2 Å². The van der Waals surface area contributed by atoms with E-state index in [2.05, 4.69) is 5.32 Å². The van der Waals surface area contributed by atoms with Crippen LogP contribution in [0.2, 0.25) is 0 Å². The molecule has 2 aromatic rings. The Labute approximate surface area is 121 Å². The second kappa shape index (κ2) is 5.79. The molecule has 0 aliphatic rings. The predicted octanol–water partition coefficient (Wildman–Crippen LogP) is 2.79. The summed E-state index contributed by atoms with van der Waals surface area (Å²) in [7, 11) is -3.73. The minimum atomic E-state index is -3.73. The molecule has 0 amide bonds. The van der Waals surface area contributed by atoms with E-state index in [1.54, 1.807) is 19.1 Å². The maximum absolute atomic E-state index is 13.2. The molecule has 21 heavy (non-hydrogen) atoms. The molecule has 0 heterocycles. The van der Waals surface area contributed by atoms with Gasteiger partial charge in [0.25, 0.3) is 0 Å². The van der Waals surface area contributed by atoms with Crippen LogP contribution < -0.4 is 10.5 Å². The molecule has 2 aromatic carbocycles. The molecular weight excluding hydrogens is 298 g/mol. The Kier molecular flexibility index (Phi) is 4.24. The van der Waals surface area contributed by atoms with E-state index in [9.17, 15) is 17.2 Å². The summed E-state index contributed by atoms with van der Waals surface area (Å²) in [5.41, 5.74) is 1.21. The van der Waals surface area contributed by atoms with E-state index in [-0.39, 0.29) is 10.9 Å². The maximum Gasteiger partial charge on any atom is 0.238 e. The van der Waals surface area contributed by atoms with Crippen molar-refractivity contribution < 1.29 is 17.2 Å². The van der Waals surface area contributed by atoms with Crippen molar-refractivity contribution >= 4 is 15.7 Å². The van der Waals surface area contributed by atoms with Crippen molar-refractivity contribution in [2.75, 3.05) is 5.32 Å². The molecule has 3 N–H and O–H groups in total. The van der Waals surface area contributed by atoms with Crippen LogP contribution >= 0.6 is 0 Å². The molecule has 1 atom stereocenters. The Morgan fingerprint density at radius 1 is 1.05 bits per heavy atom. The quantitative estimate of drug-likeness (QED) is 0.912. The van der Waals surface area contributed by atoms with Crippen LogP contribution in [0.3, 0.4) is 0 Å². The SMILES string of the molecule is CC(Nc1ccc(S(N)(=O)=O)cc1)c1ccc(F)c(F)c1. The molecule has 2 rings (SSSR count). The molecule has 0 bridgehead atoms. The lowest BCUT2D eigenvalue weighted by molar-refractivity contribution is 0.506. The van der Waals surface area contributed by atoms with Gasteiger partial charge in [0.1, 0.15) is 0 Å². The van der Waals surface area contributed by atoms with Gasteiger partial charge >= 0.3 is 0 Å². The number of primary sulfonamides is 1. The molecule has 0 aliphatic carbocycles. The highest BCUT2D eigenvalue weighted by Gasteiger charge is 2.10. The van der Waals surface area contributed by atoms with Gasteiger partial charge in [-0.15, -0.1) is 0 Å². The second-order valence-corrected chi connectivity index (χ2v) is 6.17. The van der Waals surface area contributed by atoms with Crippen LogP contribution in [0.4, 0.5) is 14.5 Å². The summed E-state index contributed by atoms with van der Waals surface area (Å²) in [5, 5.41) is 8.06. The Balaban J connectivity index is 2.15. The van der Waals surface area contributed by atoms with Crippen LogP contribution in [0.5, 0.6) is 0 Å². The van der Waals surface area contributed by atoms with Crippen molar-refractivity contribution in [2.45, 2.75) is 17.9 Å². The van der Waals surface area contributed by atoms with Crippen molar-refractivity contribution in [1.29, 1.82) is 0 Å². The Bertz CT molecular complexity index is 746. The lowest BCUT2D eigenvalue weighted by atomic mass is 10.1. The van der Waals surface area contributed by atoms with Gasteiger partial charge in [-0.2, -0.15) is 0 Å². The molecule has 0 saturated heterocycles.